The first-order valence-electron chi connectivity index (χ1n) is 9.14. The average molecular weight is 441 g/mol. The number of rotatable bonds is 8. The van der Waals surface area contributed by atoms with E-state index in [1.165, 1.54) is 26.2 Å². The van der Waals surface area contributed by atoms with Crippen molar-refractivity contribution in [3.63, 3.8) is 0 Å². The molecule has 0 heterocycles. The van der Waals surface area contributed by atoms with Gasteiger partial charge < -0.3 is 18.9 Å². The Labute approximate surface area is 177 Å². The standard InChI is InChI=1S/C21H22F3NO6/c1-4-30-18(26)20(21(22,23)24,16-12-15(28-2)10-11-17(16)29-3)25-19(27)31-13-14-8-6-5-7-9-14/h5-12H,4,13H2,1-3H3,(H,25,27)/t20-/m0/s1. The van der Waals surface area contributed by atoms with Gasteiger partial charge in [0, 0.05) is 5.56 Å². The molecule has 0 aliphatic carbocycles. The Morgan fingerprint density at radius 2 is 1.65 bits per heavy atom. The second-order valence-electron chi connectivity index (χ2n) is 6.22. The SMILES string of the molecule is CCOC(=O)[C@@](NC(=O)OCc1ccccc1)(c1cc(OC)ccc1OC)C(F)(F)F. The Morgan fingerprint density at radius 1 is 0.968 bits per heavy atom. The van der Waals surface area contributed by atoms with E-state index in [-0.39, 0.29) is 24.7 Å². The summed E-state index contributed by atoms with van der Waals surface area (Å²) in [5, 5.41) is 1.67. The van der Waals surface area contributed by atoms with Gasteiger partial charge in [0.25, 0.3) is 5.54 Å². The lowest BCUT2D eigenvalue weighted by molar-refractivity contribution is -0.215. The number of esters is 1. The van der Waals surface area contributed by atoms with Crippen molar-refractivity contribution in [1.29, 1.82) is 0 Å². The molecule has 2 aromatic carbocycles. The first kappa shape index (κ1) is 23.8. The molecular weight excluding hydrogens is 419 g/mol. The second-order valence-corrected chi connectivity index (χ2v) is 6.22. The van der Waals surface area contributed by atoms with Crippen LogP contribution in [0.3, 0.4) is 0 Å². The third-order valence-corrected chi connectivity index (χ3v) is 4.32. The number of amides is 1. The summed E-state index contributed by atoms with van der Waals surface area (Å²) in [6, 6.07) is 11.8. The lowest BCUT2D eigenvalue weighted by Crippen LogP contribution is -2.62. The van der Waals surface area contributed by atoms with Crippen molar-refractivity contribution in [2.24, 2.45) is 0 Å². The molecule has 1 N–H and O–H groups in total. The van der Waals surface area contributed by atoms with Crippen molar-refractivity contribution in [2.75, 3.05) is 20.8 Å². The molecule has 0 spiro atoms. The van der Waals surface area contributed by atoms with E-state index in [4.69, 9.17) is 18.9 Å². The highest BCUT2D eigenvalue weighted by atomic mass is 19.4. The molecule has 0 saturated heterocycles. The Bertz CT molecular complexity index is 904. The van der Waals surface area contributed by atoms with Crippen LogP contribution in [-0.2, 0) is 26.4 Å². The van der Waals surface area contributed by atoms with Crippen LogP contribution in [0, 0.1) is 0 Å². The van der Waals surface area contributed by atoms with Crippen LogP contribution in [0.15, 0.2) is 48.5 Å². The molecule has 0 aromatic heterocycles. The molecule has 10 heteroatoms. The van der Waals surface area contributed by atoms with Crippen molar-refractivity contribution in [2.45, 2.75) is 25.2 Å². The quantitative estimate of drug-likeness (QED) is 0.625. The molecular formula is C21H22F3NO6. The normalized spacial score (nSPS) is 13.0. The summed E-state index contributed by atoms with van der Waals surface area (Å²) in [4.78, 5) is 25.1. The highest BCUT2D eigenvalue weighted by molar-refractivity contribution is 5.89. The molecule has 0 bridgehead atoms. The lowest BCUT2D eigenvalue weighted by atomic mass is 9.87. The number of ether oxygens (including phenoxy) is 4. The third-order valence-electron chi connectivity index (χ3n) is 4.32. The van der Waals surface area contributed by atoms with E-state index in [2.05, 4.69) is 0 Å². The average Bonchev–Trinajstić information content (AvgIpc) is 2.75. The predicted octanol–water partition coefficient (Wildman–Crippen LogP) is 3.95. The van der Waals surface area contributed by atoms with Crippen molar-refractivity contribution in [1.82, 2.24) is 5.32 Å². The van der Waals surface area contributed by atoms with E-state index in [0.29, 0.717) is 5.56 Å². The fourth-order valence-corrected chi connectivity index (χ4v) is 2.83. The number of hydrogen-bond acceptors (Lipinski definition) is 6. The highest BCUT2D eigenvalue weighted by Gasteiger charge is 2.65. The zero-order valence-corrected chi connectivity index (χ0v) is 17.1. The zero-order valence-electron chi connectivity index (χ0n) is 17.1. The molecule has 0 fully saturated rings. The topological polar surface area (TPSA) is 83.1 Å². The Kier molecular flexibility index (Phi) is 7.73. The third kappa shape index (κ3) is 5.19. The van der Waals surface area contributed by atoms with Crippen LogP contribution >= 0.6 is 0 Å². The predicted molar refractivity (Wildman–Crippen MR) is 104 cm³/mol. The van der Waals surface area contributed by atoms with Gasteiger partial charge in [-0.15, -0.1) is 0 Å². The lowest BCUT2D eigenvalue weighted by Gasteiger charge is -2.35. The van der Waals surface area contributed by atoms with Crippen LogP contribution in [0.4, 0.5) is 18.0 Å². The number of alkyl carbamates (subject to hydrolysis) is 1. The van der Waals surface area contributed by atoms with Gasteiger partial charge in [-0.1, -0.05) is 30.3 Å². The maximum absolute atomic E-state index is 14.4. The Balaban J connectivity index is 2.54. The molecule has 0 aliphatic heterocycles. The van der Waals surface area contributed by atoms with Crippen LogP contribution < -0.4 is 14.8 Å². The molecule has 0 radical (unpaired) electrons. The summed E-state index contributed by atoms with van der Waals surface area (Å²) < 4.78 is 63.0. The molecule has 1 atom stereocenters. The first-order chi connectivity index (χ1) is 14.7. The summed E-state index contributed by atoms with van der Waals surface area (Å²) >= 11 is 0. The molecule has 2 rings (SSSR count). The number of carbonyl (C=O) groups excluding carboxylic acids is 2. The van der Waals surface area contributed by atoms with E-state index in [0.717, 1.165) is 13.2 Å². The largest absolute Gasteiger partial charge is 0.497 e. The molecule has 2 aromatic rings. The van der Waals surface area contributed by atoms with Gasteiger partial charge in [-0.05, 0) is 30.7 Å². The van der Waals surface area contributed by atoms with Crippen molar-refractivity contribution < 1.29 is 41.7 Å². The van der Waals surface area contributed by atoms with Gasteiger partial charge in [0.15, 0.2) is 0 Å². The molecule has 0 unspecified atom stereocenters. The summed E-state index contributed by atoms with van der Waals surface area (Å²) in [6.45, 7) is 0.679. The van der Waals surface area contributed by atoms with E-state index < -0.39 is 29.3 Å². The molecule has 168 valence electrons. The van der Waals surface area contributed by atoms with Crippen molar-refractivity contribution >= 4 is 12.1 Å². The summed E-state index contributed by atoms with van der Waals surface area (Å²) in [5.41, 5.74) is -3.77. The smallest absolute Gasteiger partial charge is 0.427 e. The maximum Gasteiger partial charge on any atom is 0.427 e. The van der Waals surface area contributed by atoms with E-state index in [9.17, 15) is 22.8 Å². The summed E-state index contributed by atoms with van der Waals surface area (Å²) in [7, 11) is 2.37. The minimum atomic E-state index is -5.31. The molecule has 0 aliphatic rings. The Morgan fingerprint density at radius 3 is 2.19 bits per heavy atom. The van der Waals surface area contributed by atoms with Crippen LogP contribution in [0.2, 0.25) is 0 Å². The number of methoxy groups -OCH3 is 2. The van der Waals surface area contributed by atoms with Gasteiger partial charge in [-0.25, -0.2) is 9.59 Å². The van der Waals surface area contributed by atoms with E-state index in [1.54, 1.807) is 35.6 Å². The number of benzene rings is 2. The van der Waals surface area contributed by atoms with E-state index in [1.807, 2.05) is 0 Å². The van der Waals surface area contributed by atoms with Gasteiger partial charge in [0.1, 0.15) is 18.1 Å². The highest BCUT2D eigenvalue weighted by Crippen LogP contribution is 2.45. The van der Waals surface area contributed by atoms with Crippen molar-refractivity contribution in [3.05, 3.63) is 59.7 Å². The van der Waals surface area contributed by atoms with Crippen LogP contribution in [0.25, 0.3) is 0 Å². The maximum atomic E-state index is 14.4. The monoisotopic (exact) mass is 441 g/mol. The van der Waals surface area contributed by atoms with Crippen molar-refractivity contribution in [3.8, 4) is 11.5 Å². The van der Waals surface area contributed by atoms with Crippen LogP contribution in [0.1, 0.15) is 18.1 Å². The fourth-order valence-electron chi connectivity index (χ4n) is 2.83. The van der Waals surface area contributed by atoms with Gasteiger partial charge in [-0.3, -0.25) is 5.32 Å². The molecule has 1 amide bonds. The minimum Gasteiger partial charge on any atom is -0.497 e. The zero-order chi connectivity index (χ0) is 23.1. The molecule has 0 saturated carbocycles. The van der Waals surface area contributed by atoms with Gasteiger partial charge in [0.05, 0.1) is 20.8 Å². The summed E-state index contributed by atoms with van der Waals surface area (Å²) in [6.07, 6.45) is -6.79. The Hall–Kier alpha value is -3.43. The number of carbonyl (C=O) groups is 2. The number of halogens is 3. The van der Waals surface area contributed by atoms with E-state index >= 15 is 0 Å². The second kappa shape index (κ2) is 10.1. The van der Waals surface area contributed by atoms with Crippen LogP contribution in [0.5, 0.6) is 11.5 Å². The molecule has 31 heavy (non-hydrogen) atoms. The minimum absolute atomic E-state index is 0.00757. The first-order valence-corrected chi connectivity index (χ1v) is 9.14. The molecule has 7 nitrogen and oxygen atoms in total. The van der Waals surface area contributed by atoms with Gasteiger partial charge in [0.2, 0.25) is 0 Å². The number of nitrogens with one attached hydrogen (secondary N) is 1. The van der Waals surface area contributed by atoms with Gasteiger partial charge in [-0.2, -0.15) is 13.2 Å². The fraction of sp³-hybridized carbons (Fsp3) is 0.333. The number of hydrogen-bond donors (Lipinski definition) is 1. The van der Waals surface area contributed by atoms with Gasteiger partial charge >= 0.3 is 18.2 Å². The number of alkyl halides is 3. The van der Waals surface area contributed by atoms with Crippen LogP contribution in [-0.4, -0.2) is 39.1 Å². The summed E-state index contributed by atoms with van der Waals surface area (Å²) in [5.74, 6) is -2.05.